The second-order valence-electron chi connectivity index (χ2n) is 11.3. The van der Waals surface area contributed by atoms with Gasteiger partial charge in [0.2, 0.25) is 17.7 Å². The Bertz CT molecular complexity index is 1090. The number of amides is 3. The molecule has 2 N–H and O–H groups in total. The molecule has 2 saturated carbocycles. The molecule has 1 aromatic carbocycles. The van der Waals surface area contributed by atoms with Crippen molar-refractivity contribution in [3.05, 3.63) is 36.4 Å². The fraction of sp³-hybridized carbons (Fsp3) is 0.621. The van der Waals surface area contributed by atoms with Crippen LogP contribution in [-0.4, -0.2) is 59.6 Å². The Morgan fingerprint density at radius 3 is 2.49 bits per heavy atom. The molecule has 0 unspecified atom stereocenters. The monoisotopic (exact) mass is 507 g/mol. The highest BCUT2D eigenvalue weighted by Gasteiger charge is 2.73. The lowest BCUT2D eigenvalue weighted by Crippen LogP contribution is -2.58. The van der Waals surface area contributed by atoms with Gasteiger partial charge in [-0.2, -0.15) is 0 Å². The Morgan fingerprint density at radius 2 is 1.76 bits per heavy atom. The Morgan fingerprint density at radius 1 is 1.03 bits per heavy atom. The number of fused-ring (bicyclic) bond motifs is 1. The Labute approximate surface area is 218 Å². The summed E-state index contributed by atoms with van der Waals surface area (Å²) in [7, 11) is 1.58. The van der Waals surface area contributed by atoms with E-state index in [4.69, 9.17) is 9.47 Å². The first-order valence-electron chi connectivity index (χ1n) is 14.0. The van der Waals surface area contributed by atoms with Gasteiger partial charge < -0.3 is 25.0 Å². The molecule has 0 radical (unpaired) electrons. The van der Waals surface area contributed by atoms with Gasteiger partial charge >= 0.3 is 0 Å². The van der Waals surface area contributed by atoms with Gasteiger partial charge in [-0.15, -0.1) is 0 Å². The van der Waals surface area contributed by atoms with Crippen LogP contribution in [0.2, 0.25) is 0 Å². The van der Waals surface area contributed by atoms with Crippen molar-refractivity contribution >= 4 is 23.4 Å². The van der Waals surface area contributed by atoms with Gasteiger partial charge in [0.25, 0.3) is 0 Å². The van der Waals surface area contributed by atoms with Crippen LogP contribution < -0.4 is 15.4 Å². The number of rotatable bonds is 6. The van der Waals surface area contributed by atoms with Crippen LogP contribution in [0.4, 0.5) is 5.69 Å². The molecule has 5 aliphatic rings. The van der Waals surface area contributed by atoms with Crippen molar-refractivity contribution < 1.29 is 23.9 Å². The lowest BCUT2D eigenvalue weighted by atomic mass is 9.74. The minimum atomic E-state index is -1.10. The SMILES string of the molecule is COc1cccc(NC(=O)[C@@H]2[C@@H]3C=C[C@]4(O3)[C@@H]2C(=O)N(C2CCCCC2)[C@@H]4C(=O)NC2CCCCC2)c1. The highest BCUT2D eigenvalue weighted by molar-refractivity contribution is 6.03. The summed E-state index contributed by atoms with van der Waals surface area (Å²) >= 11 is 0. The fourth-order valence-corrected chi connectivity index (χ4v) is 7.41. The van der Waals surface area contributed by atoms with Gasteiger partial charge in [-0.05, 0) is 37.8 Å². The molecule has 3 amide bonds. The number of ether oxygens (including phenoxy) is 2. The second-order valence-corrected chi connectivity index (χ2v) is 11.3. The van der Waals surface area contributed by atoms with E-state index in [9.17, 15) is 14.4 Å². The van der Waals surface area contributed by atoms with Gasteiger partial charge in [-0.3, -0.25) is 14.4 Å². The molecule has 6 rings (SSSR count). The summed E-state index contributed by atoms with van der Waals surface area (Å²) in [6.07, 6.45) is 13.6. The van der Waals surface area contributed by atoms with E-state index < -0.39 is 29.6 Å². The predicted octanol–water partition coefficient (Wildman–Crippen LogP) is 3.57. The zero-order valence-electron chi connectivity index (χ0n) is 21.5. The molecule has 198 valence electrons. The summed E-state index contributed by atoms with van der Waals surface area (Å²) in [5.41, 5.74) is -0.500. The largest absolute Gasteiger partial charge is 0.497 e. The van der Waals surface area contributed by atoms with E-state index in [-0.39, 0.29) is 29.8 Å². The third-order valence-electron chi connectivity index (χ3n) is 9.12. The zero-order chi connectivity index (χ0) is 25.6. The van der Waals surface area contributed by atoms with Crippen molar-refractivity contribution in [3.8, 4) is 5.75 Å². The highest BCUT2D eigenvalue weighted by atomic mass is 16.5. The van der Waals surface area contributed by atoms with Crippen LogP contribution in [0.1, 0.15) is 64.2 Å². The number of anilines is 1. The molecule has 5 atom stereocenters. The van der Waals surface area contributed by atoms with Crippen molar-refractivity contribution in [3.63, 3.8) is 0 Å². The van der Waals surface area contributed by atoms with Crippen molar-refractivity contribution in [1.82, 2.24) is 10.2 Å². The first-order chi connectivity index (χ1) is 18.0. The standard InChI is InChI=1S/C29H37N3O5/c1-36-21-14-8-11-19(17-21)31-26(33)23-22-15-16-29(37-22)24(23)28(35)32(20-12-6-3-7-13-20)25(29)27(34)30-18-9-4-2-5-10-18/h8,11,14-18,20,22-25H,2-7,9-10,12-13H2,1H3,(H,30,34)(H,31,33)/t22-,23+,24-,25+,29-/m0/s1. The van der Waals surface area contributed by atoms with Crippen LogP contribution in [0.5, 0.6) is 5.75 Å². The number of carbonyl (C=O) groups excluding carboxylic acids is 3. The molecule has 2 bridgehead atoms. The zero-order valence-corrected chi connectivity index (χ0v) is 21.5. The molecule has 0 aromatic heterocycles. The van der Waals surface area contributed by atoms with Crippen LogP contribution in [0.15, 0.2) is 36.4 Å². The van der Waals surface area contributed by atoms with Gasteiger partial charge in [0.1, 0.15) is 17.4 Å². The molecule has 1 aromatic rings. The molecule has 8 nitrogen and oxygen atoms in total. The summed E-state index contributed by atoms with van der Waals surface area (Å²) in [4.78, 5) is 43.6. The predicted molar refractivity (Wildman–Crippen MR) is 138 cm³/mol. The number of nitrogens with one attached hydrogen (secondary N) is 2. The maximum absolute atomic E-state index is 14.2. The molecule has 3 heterocycles. The third-order valence-corrected chi connectivity index (χ3v) is 9.12. The van der Waals surface area contributed by atoms with E-state index in [1.54, 1.807) is 19.2 Å². The van der Waals surface area contributed by atoms with E-state index >= 15 is 0 Å². The van der Waals surface area contributed by atoms with Crippen LogP contribution in [-0.2, 0) is 19.1 Å². The van der Waals surface area contributed by atoms with Crippen molar-refractivity contribution in [2.75, 3.05) is 12.4 Å². The van der Waals surface area contributed by atoms with Crippen molar-refractivity contribution in [1.29, 1.82) is 0 Å². The number of methoxy groups -OCH3 is 1. The van der Waals surface area contributed by atoms with E-state index in [0.717, 1.165) is 57.8 Å². The van der Waals surface area contributed by atoms with Crippen molar-refractivity contribution in [2.24, 2.45) is 11.8 Å². The first kappa shape index (κ1) is 24.5. The lowest BCUT2D eigenvalue weighted by Gasteiger charge is -2.39. The molecule has 8 heteroatoms. The first-order valence-corrected chi connectivity index (χ1v) is 14.0. The summed E-state index contributed by atoms with van der Waals surface area (Å²) in [5.74, 6) is -1.28. The summed E-state index contributed by atoms with van der Waals surface area (Å²) < 4.78 is 11.8. The normalized spacial score (nSPS) is 33.4. The van der Waals surface area contributed by atoms with E-state index in [1.165, 1.54) is 6.42 Å². The molecular formula is C29H37N3O5. The molecule has 3 aliphatic heterocycles. The summed E-state index contributed by atoms with van der Waals surface area (Å²) in [5, 5.41) is 6.25. The molecule has 4 fully saturated rings. The van der Waals surface area contributed by atoms with E-state index in [2.05, 4.69) is 10.6 Å². The number of hydrogen-bond donors (Lipinski definition) is 2. The Hall–Kier alpha value is -2.87. The van der Waals surface area contributed by atoms with Crippen LogP contribution in [0.25, 0.3) is 0 Å². The number of nitrogens with zero attached hydrogens (tertiary/aromatic N) is 1. The van der Waals surface area contributed by atoms with Crippen LogP contribution >= 0.6 is 0 Å². The minimum absolute atomic E-state index is 0.00137. The number of carbonyl (C=O) groups is 3. The molecule has 1 spiro atoms. The lowest BCUT2D eigenvalue weighted by molar-refractivity contribution is -0.144. The fourth-order valence-electron chi connectivity index (χ4n) is 7.41. The second kappa shape index (κ2) is 9.78. The van der Waals surface area contributed by atoms with E-state index in [0.29, 0.717) is 11.4 Å². The molecule has 2 aliphatic carbocycles. The maximum atomic E-state index is 14.2. The number of hydrogen-bond acceptors (Lipinski definition) is 5. The van der Waals surface area contributed by atoms with Crippen molar-refractivity contribution in [2.45, 2.75) is 94.0 Å². The quantitative estimate of drug-likeness (QED) is 0.574. The average molecular weight is 508 g/mol. The molecule has 2 saturated heterocycles. The molecular weight excluding hydrogens is 470 g/mol. The van der Waals surface area contributed by atoms with Gasteiger partial charge in [-0.1, -0.05) is 56.7 Å². The smallest absolute Gasteiger partial charge is 0.246 e. The third kappa shape index (κ3) is 4.13. The van der Waals surface area contributed by atoms with Gasteiger partial charge in [0, 0.05) is 23.8 Å². The minimum Gasteiger partial charge on any atom is -0.497 e. The summed E-state index contributed by atoms with van der Waals surface area (Å²) in [6.45, 7) is 0. The van der Waals surface area contributed by atoms with Crippen LogP contribution in [0.3, 0.4) is 0 Å². The topological polar surface area (TPSA) is 97.0 Å². The number of likely N-dealkylation sites (tertiary alicyclic amines) is 1. The van der Waals surface area contributed by atoms with Gasteiger partial charge in [0.15, 0.2) is 0 Å². The molecule has 37 heavy (non-hydrogen) atoms. The van der Waals surface area contributed by atoms with Gasteiger partial charge in [-0.25, -0.2) is 0 Å². The Balaban J connectivity index is 1.31. The van der Waals surface area contributed by atoms with Crippen LogP contribution in [0, 0.1) is 11.8 Å². The summed E-state index contributed by atoms with van der Waals surface area (Å²) in [6, 6.07) is 6.56. The maximum Gasteiger partial charge on any atom is 0.246 e. The van der Waals surface area contributed by atoms with E-state index in [1.807, 2.05) is 29.2 Å². The highest BCUT2D eigenvalue weighted by Crippen LogP contribution is 2.56. The Kier molecular flexibility index (Phi) is 6.47. The number of benzene rings is 1. The average Bonchev–Trinajstić information content (AvgIpc) is 3.57. The van der Waals surface area contributed by atoms with Gasteiger partial charge in [0.05, 0.1) is 25.0 Å².